The van der Waals surface area contributed by atoms with Crippen molar-refractivity contribution in [3.8, 4) is 0 Å². The van der Waals surface area contributed by atoms with Gasteiger partial charge in [0.25, 0.3) is 5.91 Å². The Bertz CT molecular complexity index is 1150. The van der Waals surface area contributed by atoms with Gasteiger partial charge in [0, 0.05) is 35.0 Å². The summed E-state index contributed by atoms with van der Waals surface area (Å²) in [5, 5.41) is 6.43. The number of benzene rings is 2. The lowest BCUT2D eigenvalue weighted by molar-refractivity contribution is 0.0786. The fourth-order valence-corrected chi connectivity index (χ4v) is 4.81. The second kappa shape index (κ2) is 11.2. The van der Waals surface area contributed by atoms with Gasteiger partial charge in [0.05, 0.1) is 29.1 Å². The van der Waals surface area contributed by atoms with Crippen LogP contribution in [0.2, 0.25) is 10.0 Å². The number of nitrogens with one attached hydrogen (secondary N) is 1. The monoisotopic (exact) mass is 508 g/mol. The fourth-order valence-electron chi connectivity index (χ4n) is 3.10. The van der Waals surface area contributed by atoms with Crippen LogP contribution in [0.25, 0.3) is 0 Å². The first-order chi connectivity index (χ1) is 15.3. The van der Waals surface area contributed by atoms with E-state index in [9.17, 15) is 9.00 Å². The Labute approximate surface area is 204 Å². The summed E-state index contributed by atoms with van der Waals surface area (Å²) in [6.07, 6.45) is 5.78. The van der Waals surface area contributed by atoms with Crippen LogP contribution in [0.15, 0.2) is 63.9 Å². The first-order valence-corrected chi connectivity index (χ1v) is 12.3. The lowest BCUT2D eigenvalue weighted by Crippen LogP contribution is -2.27. The van der Waals surface area contributed by atoms with Gasteiger partial charge < -0.3 is 9.62 Å². The second-order valence-electron chi connectivity index (χ2n) is 7.17. The van der Waals surface area contributed by atoms with Crippen molar-refractivity contribution in [1.82, 2.24) is 4.90 Å². The van der Waals surface area contributed by atoms with Gasteiger partial charge in [-0.2, -0.15) is 0 Å². The standard InChI is InChI=1S/C22H22Cl2N4O2S2/c1-14-6-9-19(22(29)28(2)13-15-7-8-16(23)11-20(15)24)21(10-14)27-32(30)18-5-3-4-17(12-18)26-31-25/h3-11,27H,12-13,25H2,1-2H3/b26-17-. The third kappa shape index (κ3) is 6.24. The summed E-state index contributed by atoms with van der Waals surface area (Å²) in [5.74, 6) is -0.227. The number of hydrogen-bond acceptors (Lipinski definition) is 5. The molecular formula is C22H22Cl2N4O2S2. The van der Waals surface area contributed by atoms with E-state index < -0.39 is 11.0 Å². The van der Waals surface area contributed by atoms with Crippen molar-refractivity contribution in [2.24, 2.45) is 9.54 Å². The van der Waals surface area contributed by atoms with Crippen molar-refractivity contribution in [2.75, 3.05) is 11.8 Å². The van der Waals surface area contributed by atoms with Crippen LogP contribution < -0.4 is 9.86 Å². The minimum Gasteiger partial charge on any atom is -0.337 e. The van der Waals surface area contributed by atoms with E-state index in [1.807, 2.05) is 19.1 Å². The molecule has 2 aromatic carbocycles. The van der Waals surface area contributed by atoms with Crippen LogP contribution in [0.5, 0.6) is 0 Å². The van der Waals surface area contributed by atoms with Crippen LogP contribution in [0.1, 0.15) is 27.9 Å². The van der Waals surface area contributed by atoms with Crippen LogP contribution in [0, 0.1) is 6.92 Å². The van der Waals surface area contributed by atoms with Crippen molar-refractivity contribution in [2.45, 2.75) is 19.9 Å². The molecule has 0 bridgehead atoms. The van der Waals surface area contributed by atoms with Gasteiger partial charge >= 0.3 is 0 Å². The van der Waals surface area contributed by atoms with Gasteiger partial charge in [0.1, 0.15) is 11.0 Å². The van der Waals surface area contributed by atoms with Gasteiger partial charge in [0.15, 0.2) is 0 Å². The van der Waals surface area contributed by atoms with Crippen LogP contribution in [-0.2, 0) is 17.5 Å². The zero-order chi connectivity index (χ0) is 23.3. The average Bonchev–Trinajstić information content (AvgIpc) is 2.76. The van der Waals surface area contributed by atoms with Crippen LogP contribution in [0.4, 0.5) is 5.69 Å². The van der Waals surface area contributed by atoms with Gasteiger partial charge in [0.2, 0.25) is 0 Å². The van der Waals surface area contributed by atoms with Crippen molar-refractivity contribution in [1.29, 1.82) is 0 Å². The Morgan fingerprint density at radius 3 is 2.78 bits per heavy atom. The predicted molar refractivity (Wildman–Crippen MR) is 136 cm³/mol. The third-order valence-electron chi connectivity index (χ3n) is 4.71. The highest BCUT2D eigenvalue weighted by Crippen LogP contribution is 2.26. The number of halogens is 2. The van der Waals surface area contributed by atoms with E-state index in [0.29, 0.717) is 39.2 Å². The molecule has 0 heterocycles. The number of rotatable bonds is 7. The quantitative estimate of drug-likeness (QED) is 0.486. The third-order valence-corrected chi connectivity index (χ3v) is 6.80. The normalized spacial score (nSPS) is 15.4. The molecule has 168 valence electrons. The van der Waals surface area contributed by atoms with E-state index in [0.717, 1.165) is 29.0 Å². The minimum absolute atomic E-state index is 0.227. The van der Waals surface area contributed by atoms with E-state index in [2.05, 4.69) is 9.12 Å². The Balaban J connectivity index is 1.80. The smallest absolute Gasteiger partial charge is 0.256 e. The number of carbonyl (C=O) groups is 1. The average molecular weight is 509 g/mol. The van der Waals surface area contributed by atoms with Crippen molar-refractivity contribution >= 4 is 63.6 Å². The number of nitrogens with two attached hydrogens (primary N) is 1. The van der Waals surface area contributed by atoms with Crippen molar-refractivity contribution in [3.05, 3.63) is 86.3 Å². The molecule has 2 aromatic rings. The molecule has 3 rings (SSSR count). The number of nitrogens with zero attached hydrogens (tertiary/aromatic N) is 2. The molecule has 32 heavy (non-hydrogen) atoms. The Kier molecular flexibility index (Phi) is 8.56. The molecule has 1 aliphatic rings. The molecule has 0 spiro atoms. The number of carbonyl (C=O) groups excluding carboxylic acids is 1. The molecule has 1 atom stereocenters. The topological polar surface area (TPSA) is 87.8 Å². The zero-order valence-corrected chi connectivity index (χ0v) is 20.6. The predicted octanol–water partition coefficient (Wildman–Crippen LogP) is 5.46. The lowest BCUT2D eigenvalue weighted by atomic mass is 10.1. The van der Waals surface area contributed by atoms with Crippen LogP contribution in [0.3, 0.4) is 0 Å². The van der Waals surface area contributed by atoms with E-state index >= 15 is 0 Å². The number of amides is 1. The second-order valence-corrected chi connectivity index (χ2v) is 9.68. The summed E-state index contributed by atoms with van der Waals surface area (Å²) in [6.45, 7) is 2.21. The summed E-state index contributed by atoms with van der Waals surface area (Å²) >= 11 is 13.1. The van der Waals surface area contributed by atoms with Gasteiger partial charge in [-0.1, -0.05) is 41.4 Å². The summed E-state index contributed by atoms with van der Waals surface area (Å²) in [7, 11) is 0.138. The Morgan fingerprint density at radius 1 is 1.28 bits per heavy atom. The summed E-state index contributed by atoms with van der Waals surface area (Å²) in [5.41, 5.74) is 3.34. The van der Waals surface area contributed by atoms with E-state index in [-0.39, 0.29) is 5.91 Å². The summed E-state index contributed by atoms with van der Waals surface area (Å²) in [4.78, 5) is 15.4. The molecule has 1 unspecified atom stereocenters. The van der Waals surface area contributed by atoms with Crippen molar-refractivity contribution in [3.63, 3.8) is 0 Å². The lowest BCUT2D eigenvalue weighted by Gasteiger charge is -2.21. The maximum Gasteiger partial charge on any atom is 0.256 e. The van der Waals surface area contributed by atoms with E-state index in [1.54, 1.807) is 54.4 Å². The van der Waals surface area contributed by atoms with Gasteiger partial charge in [-0.05, 0) is 54.5 Å². The van der Waals surface area contributed by atoms with E-state index in [1.165, 1.54) is 0 Å². The number of anilines is 1. The molecule has 1 amide bonds. The van der Waals surface area contributed by atoms with Gasteiger partial charge in [-0.3, -0.25) is 9.93 Å². The molecule has 6 nitrogen and oxygen atoms in total. The zero-order valence-electron chi connectivity index (χ0n) is 17.5. The van der Waals surface area contributed by atoms with Gasteiger partial charge in [-0.25, -0.2) is 8.61 Å². The number of allylic oxidation sites excluding steroid dienone is 4. The molecule has 0 saturated carbocycles. The maximum atomic E-state index is 13.2. The molecule has 0 aliphatic heterocycles. The van der Waals surface area contributed by atoms with E-state index in [4.69, 9.17) is 28.3 Å². The Hall–Kier alpha value is -2.10. The Morgan fingerprint density at radius 2 is 2.06 bits per heavy atom. The summed E-state index contributed by atoms with van der Waals surface area (Å²) < 4.78 is 20.1. The molecule has 0 aromatic heterocycles. The minimum atomic E-state index is -1.55. The molecule has 1 aliphatic carbocycles. The van der Waals surface area contributed by atoms with Crippen molar-refractivity contribution < 1.29 is 9.00 Å². The largest absolute Gasteiger partial charge is 0.337 e. The number of aryl methyl sites for hydroxylation is 1. The summed E-state index contributed by atoms with van der Waals surface area (Å²) in [6, 6.07) is 10.5. The maximum absolute atomic E-state index is 13.2. The van der Waals surface area contributed by atoms with Gasteiger partial charge in [-0.15, -0.1) is 0 Å². The molecule has 0 radical (unpaired) electrons. The first-order valence-electron chi connectivity index (χ1n) is 9.57. The highest BCUT2D eigenvalue weighted by atomic mass is 35.5. The highest BCUT2D eigenvalue weighted by molar-refractivity contribution is 7.95. The molecular weight excluding hydrogens is 487 g/mol. The highest BCUT2D eigenvalue weighted by Gasteiger charge is 2.20. The molecule has 3 N–H and O–H groups in total. The molecule has 0 saturated heterocycles. The molecule has 10 heteroatoms. The van der Waals surface area contributed by atoms with Crippen LogP contribution >= 0.6 is 35.3 Å². The van der Waals surface area contributed by atoms with Crippen LogP contribution in [-0.4, -0.2) is 27.8 Å². The number of hydrogen-bond donors (Lipinski definition) is 2. The fraction of sp³-hybridized carbons (Fsp3) is 0.182. The first kappa shape index (κ1) is 24.5. The molecule has 0 fully saturated rings. The SMILES string of the molecule is Cc1ccc(C(=O)N(C)Cc2ccc(Cl)cc2Cl)c(NS(=O)C2=CC=C/C(=N/SN)C2)c1.